The lowest BCUT2D eigenvalue weighted by atomic mass is 9.94. The monoisotopic (exact) mass is 291 g/mol. The van der Waals surface area contributed by atoms with E-state index in [1.165, 1.54) is 17.5 Å². The molecular weight excluding hydrogens is 262 g/mol. The summed E-state index contributed by atoms with van der Waals surface area (Å²) in [6.07, 6.45) is 6.92. The molecule has 3 atom stereocenters. The van der Waals surface area contributed by atoms with Crippen LogP contribution in [0.4, 0.5) is 0 Å². The van der Waals surface area contributed by atoms with Crippen molar-refractivity contribution in [3.63, 3.8) is 0 Å². The van der Waals surface area contributed by atoms with E-state index in [-0.39, 0.29) is 12.1 Å². The Bertz CT molecular complexity index is 447. The van der Waals surface area contributed by atoms with Crippen molar-refractivity contribution in [3.05, 3.63) is 29.3 Å². The second-order valence-corrected chi connectivity index (χ2v) is 6.25. The van der Waals surface area contributed by atoms with Gasteiger partial charge in [-0.25, -0.2) is 0 Å². The lowest BCUT2D eigenvalue weighted by molar-refractivity contribution is 0.0206. The summed E-state index contributed by atoms with van der Waals surface area (Å²) in [4.78, 5) is 0. The molecule has 0 aromatic heterocycles. The summed E-state index contributed by atoms with van der Waals surface area (Å²) < 4.78 is 11.8. The molecule has 1 aromatic rings. The number of aryl methyl sites for hydroxylation is 1. The molecule has 1 saturated carbocycles. The Hall–Kier alpha value is -1.06. The van der Waals surface area contributed by atoms with Crippen molar-refractivity contribution < 1.29 is 9.47 Å². The summed E-state index contributed by atoms with van der Waals surface area (Å²) in [5.41, 5.74) is 8.63. The van der Waals surface area contributed by atoms with Crippen LogP contribution >= 0.6 is 0 Å². The summed E-state index contributed by atoms with van der Waals surface area (Å²) in [5, 5.41) is 0. The van der Waals surface area contributed by atoms with E-state index in [9.17, 15) is 0 Å². The van der Waals surface area contributed by atoms with Crippen LogP contribution in [0.5, 0.6) is 5.75 Å². The molecule has 1 aromatic carbocycles. The fourth-order valence-electron chi connectivity index (χ4n) is 3.01. The third-order valence-corrected chi connectivity index (χ3v) is 4.43. The first-order valence-electron chi connectivity index (χ1n) is 8.17. The minimum absolute atomic E-state index is 0.201. The molecule has 2 N–H and O–H groups in total. The molecule has 1 aliphatic carbocycles. The van der Waals surface area contributed by atoms with Crippen LogP contribution in [-0.4, -0.2) is 25.4 Å². The van der Waals surface area contributed by atoms with E-state index >= 15 is 0 Å². The van der Waals surface area contributed by atoms with Gasteiger partial charge >= 0.3 is 0 Å². The Morgan fingerprint density at radius 3 is 2.76 bits per heavy atom. The zero-order valence-corrected chi connectivity index (χ0v) is 13.6. The lowest BCUT2D eigenvalue weighted by Crippen LogP contribution is -2.30. The number of ether oxygens (including phenoxy) is 2. The minimum Gasteiger partial charge on any atom is -0.490 e. The SMILES string of the molecule is CCC(N)Cc1cc(C)ccc1OC1CCCC(OC)C1. The summed E-state index contributed by atoms with van der Waals surface area (Å²) in [7, 11) is 1.80. The predicted molar refractivity (Wildman–Crippen MR) is 86.8 cm³/mol. The van der Waals surface area contributed by atoms with Crippen LogP contribution in [-0.2, 0) is 11.2 Å². The second kappa shape index (κ2) is 7.81. The van der Waals surface area contributed by atoms with Gasteiger partial charge in [0.25, 0.3) is 0 Å². The Morgan fingerprint density at radius 2 is 2.05 bits per heavy atom. The minimum atomic E-state index is 0.201. The molecule has 118 valence electrons. The van der Waals surface area contributed by atoms with E-state index in [0.717, 1.165) is 37.9 Å². The van der Waals surface area contributed by atoms with Crippen LogP contribution in [0.25, 0.3) is 0 Å². The van der Waals surface area contributed by atoms with Crippen LogP contribution < -0.4 is 10.5 Å². The number of rotatable bonds is 6. The third-order valence-electron chi connectivity index (χ3n) is 4.43. The fraction of sp³-hybridized carbons (Fsp3) is 0.667. The van der Waals surface area contributed by atoms with Gasteiger partial charge in [0.05, 0.1) is 6.10 Å². The fourth-order valence-corrected chi connectivity index (χ4v) is 3.01. The quantitative estimate of drug-likeness (QED) is 0.870. The van der Waals surface area contributed by atoms with E-state index < -0.39 is 0 Å². The Kier molecular flexibility index (Phi) is 6.07. The van der Waals surface area contributed by atoms with Crippen LogP contribution in [0.15, 0.2) is 18.2 Å². The number of nitrogens with two attached hydrogens (primary N) is 1. The van der Waals surface area contributed by atoms with Crippen molar-refractivity contribution in [1.82, 2.24) is 0 Å². The van der Waals surface area contributed by atoms with Gasteiger partial charge < -0.3 is 15.2 Å². The lowest BCUT2D eigenvalue weighted by Gasteiger charge is -2.29. The maximum absolute atomic E-state index is 6.28. The molecule has 0 radical (unpaired) electrons. The molecule has 0 bridgehead atoms. The summed E-state index contributed by atoms with van der Waals surface area (Å²) in [6.45, 7) is 4.25. The van der Waals surface area contributed by atoms with Crippen molar-refractivity contribution in [2.75, 3.05) is 7.11 Å². The molecule has 1 fully saturated rings. The smallest absolute Gasteiger partial charge is 0.122 e. The summed E-state index contributed by atoms with van der Waals surface area (Å²) in [6, 6.07) is 6.63. The molecule has 2 rings (SSSR count). The standard InChI is InChI=1S/C18H29NO2/c1-4-15(19)11-14-10-13(2)8-9-18(14)21-17-7-5-6-16(12-17)20-3/h8-10,15-17H,4-7,11-12,19H2,1-3H3. The molecule has 1 aliphatic rings. The topological polar surface area (TPSA) is 44.5 Å². The van der Waals surface area contributed by atoms with Crippen LogP contribution in [0, 0.1) is 6.92 Å². The normalized spacial score (nSPS) is 23.8. The highest BCUT2D eigenvalue weighted by molar-refractivity contribution is 5.37. The Morgan fingerprint density at radius 1 is 1.29 bits per heavy atom. The average molecular weight is 291 g/mol. The first-order chi connectivity index (χ1) is 10.1. The maximum atomic E-state index is 6.28. The molecule has 0 amide bonds. The van der Waals surface area contributed by atoms with Crippen LogP contribution in [0.1, 0.15) is 50.2 Å². The molecular formula is C18H29NO2. The number of benzene rings is 1. The van der Waals surface area contributed by atoms with Gasteiger partial charge in [0.2, 0.25) is 0 Å². The van der Waals surface area contributed by atoms with Crippen LogP contribution in [0.3, 0.4) is 0 Å². The van der Waals surface area contributed by atoms with Crippen molar-refractivity contribution in [1.29, 1.82) is 0 Å². The van der Waals surface area contributed by atoms with Gasteiger partial charge in [-0.1, -0.05) is 24.6 Å². The Balaban J connectivity index is 2.07. The first-order valence-corrected chi connectivity index (χ1v) is 8.17. The van der Waals surface area contributed by atoms with Gasteiger partial charge in [-0.05, 0) is 50.7 Å². The van der Waals surface area contributed by atoms with Gasteiger partial charge in [-0.2, -0.15) is 0 Å². The second-order valence-electron chi connectivity index (χ2n) is 6.25. The predicted octanol–water partition coefficient (Wildman–Crippen LogP) is 3.61. The zero-order chi connectivity index (χ0) is 15.2. The Labute approximate surface area is 128 Å². The summed E-state index contributed by atoms with van der Waals surface area (Å²) in [5.74, 6) is 1.01. The molecule has 3 nitrogen and oxygen atoms in total. The molecule has 3 unspecified atom stereocenters. The zero-order valence-electron chi connectivity index (χ0n) is 13.6. The first kappa shape index (κ1) is 16.3. The van der Waals surface area contributed by atoms with Gasteiger partial charge in [0, 0.05) is 19.6 Å². The number of hydrogen-bond acceptors (Lipinski definition) is 3. The van der Waals surface area contributed by atoms with E-state index in [4.69, 9.17) is 15.2 Å². The van der Waals surface area contributed by atoms with Crippen molar-refractivity contribution >= 4 is 0 Å². The molecule has 21 heavy (non-hydrogen) atoms. The van der Waals surface area contributed by atoms with Crippen molar-refractivity contribution in [2.24, 2.45) is 5.73 Å². The highest BCUT2D eigenvalue weighted by atomic mass is 16.5. The highest BCUT2D eigenvalue weighted by Gasteiger charge is 2.23. The van der Waals surface area contributed by atoms with E-state index in [0.29, 0.717) is 6.10 Å². The van der Waals surface area contributed by atoms with Crippen molar-refractivity contribution in [3.8, 4) is 5.75 Å². The van der Waals surface area contributed by atoms with E-state index in [1.54, 1.807) is 7.11 Å². The van der Waals surface area contributed by atoms with Gasteiger partial charge in [-0.15, -0.1) is 0 Å². The van der Waals surface area contributed by atoms with Gasteiger partial charge in [0.1, 0.15) is 11.9 Å². The largest absolute Gasteiger partial charge is 0.490 e. The number of methoxy groups -OCH3 is 1. The van der Waals surface area contributed by atoms with Gasteiger partial charge in [0.15, 0.2) is 0 Å². The maximum Gasteiger partial charge on any atom is 0.122 e. The van der Waals surface area contributed by atoms with E-state index in [2.05, 4.69) is 32.0 Å². The number of hydrogen-bond donors (Lipinski definition) is 1. The highest BCUT2D eigenvalue weighted by Crippen LogP contribution is 2.28. The van der Waals surface area contributed by atoms with Crippen molar-refractivity contribution in [2.45, 2.75) is 70.6 Å². The van der Waals surface area contributed by atoms with Gasteiger partial charge in [-0.3, -0.25) is 0 Å². The molecule has 3 heteroatoms. The average Bonchev–Trinajstić information content (AvgIpc) is 2.50. The molecule has 0 aliphatic heterocycles. The molecule has 0 saturated heterocycles. The van der Waals surface area contributed by atoms with Crippen LogP contribution in [0.2, 0.25) is 0 Å². The van der Waals surface area contributed by atoms with E-state index in [1.807, 2.05) is 0 Å². The molecule has 0 heterocycles. The third kappa shape index (κ3) is 4.72. The summed E-state index contributed by atoms with van der Waals surface area (Å²) >= 11 is 0. The molecule has 0 spiro atoms.